The number of benzene rings is 1. The molecule has 1 N–H and O–H groups in total. The van der Waals surface area contributed by atoms with Crippen molar-refractivity contribution in [2.24, 2.45) is 5.92 Å². The molecule has 1 amide bonds. The molecule has 0 fully saturated rings. The lowest BCUT2D eigenvalue weighted by Gasteiger charge is -2.17. The third-order valence-electron chi connectivity index (χ3n) is 2.83. The zero-order valence-corrected chi connectivity index (χ0v) is 9.25. The quantitative estimate of drug-likeness (QED) is 0.786. The van der Waals surface area contributed by atoms with Crippen molar-refractivity contribution in [3.63, 3.8) is 0 Å². The van der Waals surface area contributed by atoms with E-state index in [1.54, 1.807) is 0 Å². The molecule has 1 aliphatic rings. The topological polar surface area (TPSA) is 29.1 Å². The predicted octanol–water partition coefficient (Wildman–Crippen LogP) is 3.26. The van der Waals surface area contributed by atoms with E-state index in [1.165, 1.54) is 6.07 Å². The Hall–Kier alpha value is -1.71. The van der Waals surface area contributed by atoms with Gasteiger partial charge in [-0.3, -0.25) is 4.79 Å². The van der Waals surface area contributed by atoms with Crippen molar-refractivity contribution in [2.75, 3.05) is 5.32 Å². The molecule has 0 spiro atoms. The Morgan fingerprint density at radius 1 is 1.29 bits per heavy atom. The Labute approximate surface area is 98.3 Å². The van der Waals surface area contributed by atoms with E-state index < -0.39 is 11.6 Å². The zero-order valence-electron chi connectivity index (χ0n) is 9.25. The van der Waals surface area contributed by atoms with Crippen LogP contribution in [0.5, 0.6) is 0 Å². The third-order valence-corrected chi connectivity index (χ3v) is 2.83. The summed E-state index contributed by atoms with van der Waals surface area (Å²) in [6.45, 7) is 0. The molecule has 0 aromatic heterocycles. The molecule has 4 heteroatoms. The summed E-state index contributed by atoms with van der Waals surface area (Å²) >= 11 is 0. The first-order valence-electron chi connectivity index (χ1n) is 5.58. The third kappa shape index (κ3) is 2.90. The van der Waals surface area contributed by atoms with Crippen LogP contribution in [0.25, 0.3) is 0 Å². The van der Waals surface area contributed by atoms with E-state index in [2.05, 4.69) is 5.32 Å². The number of carbonyl (C=O) groups is 1. The maximum absolute atomic E-state index is 13.3. The van der Waals surface area contributed by atoms with Crippen LogP contribution in [0.2, 0.25) is 0 Å². The lowest BCUT2D eigenvalue weighted by Crippen LogP contribution is -2.24. The van der Waals surface area contributed by atoms with Gasteiger partial charge in [0.2, 0.25) is 5.91 Å². The first-order valence-corrected chi connectivity index (χ1v) is 5.58. The number of hydrogen-bond donors (Lipinski definition) is 1. The maximum Gasteiger partial charge on any atom is 0.227 e. The minimum atomic E-state index is -0.746. The molecule has 0 unspecified atom stereocenters. The summed E-state index contributed by atoms with van der Waals surface area (Å²) in [5, 5.41) is 2.49. The van der Waals surface area contributed by atoms with Gasteiger partial charge in [-0.2, -0.15) is 0 Å². The number of nitrogens with one attached hydrogen (secondary N) is 1. The molecule has 2 rings (SSSR count). The Balaban J connectivity index is 2.05. The van der Waals surface area contributed by atoms with E-state index >= 15 is 0 Å². The highest BCUT2D eigenvalue weighted by Gasteiger charge is 2.19. The monoisotopic (exact) mass is 237 g/mol. The van der Waals surface area contributed by atoms with E-state index in [-0.39, 0.29) is 17.5 Å². The van der Waals surface area contributed by atoms with Crippen molar-refractivity contribution in [1.82, 2.24) is 0 Å². The predicted molar refractivity (Wildman–Crippen MR) is 61.5 cm³/mol. The minimum absolute atomic E-state index is 0.0333. The highest BCUT2D eigenvalue weighted by Crippen LogP contribution is 2.21. The minimum Gasteiger partial charge on any atom is -0.323 e. The summed E-state index contributed by atoms with van der Waals surface area (Å²) in [6, 6.07) is 3.12. The fraction of sp³-hybridized carbons (Fsp3) is 0.308. The van der Waals surface area contributed by atoms with Crippen LogP contribution in [0.3, 0.4) is 0 Å². The second kappa shape index (κ2) is 5.08. The van der Waals surface area contributed by atoms with Crippen molar-refractivity contribution in [3.8, 4) is 0 Å². The number of hydrogen-bond acceptors (Lipinski definition) is 1. The van der Waals surface area contributed by atoms with Gasteiger partial charge in [0.15, 0.2) is 0 Å². The molecule has 0 saturated heterocycles. The summed E-state index contributed by atoms with van der Waals surface area (Å²) in [5.74, 6) is -1.73. The number of anilines is 1. The van der Waals surface area contributed by atoms with Gasteiger partial charge in [-0.1, -0.05) is 12.2 Å². The second-order valence-electron chi connectivity index (χ2n) is 4.09. The molecule has 0 saturated carbocycles. The molecule has 1 atom stereocenters. The number of allylic oxidation sites excluding steroid dienone is 2. The maximum atomic E-state index is 13.3. The summed E-state index contributed by atoms with van der Waals surface area (Å²) < 4.78 is 26.0. The van der Waals surface area contributed by atoms with Gasteiger partial charge in [0.05, 0.1) is 5.69 Å². The van der Waals surface area contributed by atoms with E-state index in [4.69, 9.17) is 0 Å². The number of carbonyl (C=O) groups excluding carboxylic acids is 1. The molecule has 0 radical (unpaired) electrons. The zero-order chi connectivity index (χ0) is 12.3. The van der Waals surface area contributed by atoms with E-state index in [0.717, 1.165) is 25.0 Å². The average Bonchev–Trinajstić information content (AvgIpc) is 2.34. The van der Waals surface area contributed by atoms with Crippen LogP contribution in [0.1, 0.15) is 19.3 Å². The van der Waals surface area contributed by atoms with Crippen LogP contribution in [0.4, 0.5) is 14.5 Å². The molecule has 90 valence electrons. The summed E-state index contributed by atoms with van der Waals surface area (Å²) in [5.41, 5.74) is 0.0333. The molecular formula is C13H13F2NO. The largest absolute Gasteiger partial charge is 0.323 e. The van der Waals surface area contributed by atoms with Crippen molar-refractivity contribution < 1.29 is 13.6 Å². The lowest BCUT2D eigenvalue weighted by atomic mass is 9.93. The Kier molecular flexibility index (Phi) is 3.52. The van der Waals surface area contributed by atoms with E-state index in [0.29, 0.717) is 6.42 Å². The first kappa shape index (κ1) is 11.8. The summed E-state index contributed by atoms with van der Waals surface area (Å²) in [7, 11) is 0. The molecule has 1 aromatic carbocycles. The molecule has 1 aromatic rings. The lowest BCUT2D eigenvalue weighted by molar-refractivity contribution is -0.120. The SMILES string of the molecule is O=C(Nc1ccc(F)cc1F)[C@H]1CC=CCC1. The van der Waals surface area contributed by atoms with Gasteiger partial charge in [-0.25, -0.2) is 8.78 Å². The van der Waals surface area contributed by atoms with Crippen LogP contribution < -0.4 is 5.32 Å². The van der Waals surface area contributed by atoms with Gasteiger partial charge in [0, 0.05) is 12.0 Å². The fourth-order valence-electron chi connectivity index (χ4n) is 1.86. The number of amides is 1. The van der Waals surface area contributed by atoms with E-state index in [1.807, 2.05) is 12.2 Å². The van der Waals surface area contributed by atoms with Gasteiger partial charge in [-0.05, 0) is 31.4 Å². The summed E-state index contributed by atoms with van der Waals surface area (Å²) in [4.78, 5) is 11.8. The van der Waals surface area contributed by atoms with Crippen molar-refractivity contribution in [2.45, 2.75) is 19.3 Å². The Morgan fingerprint density at radius 2 is 2.12 bits per heavy atom. The van der Waals surface area contributed by atoms with Gasteiger partial charge >= 0.3 is 0 Å². The highest BCUT2D eigenvalue weighted by atomic mass is 19.1. The van der Waals surface area contributed by atoms with Gasteiger partial charge in [-0.15, -0.1) is 0 Å². The molecule has 0 heterocycles. The molecule has 2 nitrogen and oxygen atoms in total. The molecule has 17 heavy (non-hydrogen) atoms. The normalized spacial score (nSPS) is 19.1. The standard InChI is InChI=1S/C13H13F2NO/c14-10-6-7-12(11(15)8-10)16-13(17)9-4-2-1-3-5-9/h1-2,6-9H,3-5H2,(H,16,17)/t9-/m0/s1. The van der Waals surface area contributed by atoms with Crippen molar-refractivity contribution in [3.05, 3.63) is 42.0 Å². The van der Waals surface area contributed by atoms with Gasteiger partial charge < -0.3 is 5.32 Å². The van der Waals surface area contributed by atoms with Crippen LogP contribution in [0.15, 0.2) is 30.4 Å². The smallest absolute Gasteiger partial charge is 0.227 e. The van der Waals surface area contributed by atoms with Crippen LogP contribution in [0, 0.1) is 17.6 Å². The van der Waals surface area contributed by atoms with Gasteiger partial charge in [0.1, 0.15) is 11.6 Å². The molecule has 0 bridgehead atoms. The Morgan fingerprint density at radius 3 is 2.76 bits per heavy atom. The second-order valence-corrected chi connectivity index (χ2v) is 4.09. The van der Waals surface area contributed by atoms with Crippen LogP contribution in [-0.2, 0) is 4.79 Å². The highest BCUT2D eigenvalue weighted by molar-refractivity contribution is 5.92. The van der Waals surface area contributed by atoms with E-state index in [9.17, 15) is 13.6 Å². The fourth-order valence-corrected chi connectivity index (χ4v) is 1.86. The van der Waals surface area contributed by atoms with Crippen molar-refractivity contribution >= 4 is 11.6 Å². The average molecular weight is 237 g/mol. The molecule has 0 aliphatic heterocycles. The van der Waals surface area contributed by atoms with Crippen LogP contribution >= 0.6 is 0 Å². The Bertz CT molecular complexity index is 457. The van der Waals surface area contributed by atoms with Gasteiger partial charge in [0.25, 0.3) is 0 Å². The molecular weight excluding hydrogens is 224 g/mol. The van der Waals surface area contributed by atoms with Crippen LogP contribution in [-0.4, -0.2) is 5.91 Å². The number of halogens is 2. The first-order chi connectivity index (χ1) is 8.16. The summed E-state index contributed by atoms with van der Waals surface area (Å²) in [6.07, 6.45) is 6.29. The number of rotatable bonds is 2. The van der Waals surface area contributed by atoms with Crippen molar-refractivity contribution in [1.29, 1.82) is 0 Å². The molecule has 1 aliphatic carbocycles.